The Kier molecular flexibility index (Phi) is 6.63. The van der Waals surface area contributed by atoms with E-state index in [2.05, 4.69) is 15.6 Å². The molecule has 3 N–H and O–H groups in total. The number of fused-ring (bicyclic) bond motifs is 1. The first-order chi connectivity index (χ1) is 14.1. The first kappa shape index (κ1) is 20.1. The van der Waals surface area contributed by atoms with Crippen molar-refractivity contribution in [3.05, 3.63) is 71.9 Å². The zero-order valence-corrected chi connectivity index (χ0v) is 16.1. The molecule has 2 aromatic carbocycles. The van der Waals surface area contributed by atoms with Gasteiger partial charge in [0.1, 0.15) is 12.1 Å². The molecule has 0 saturated heterocycles. The quantitative estimate of drug-likeness (QED) is 0.381. The summed E-state index contributed by atoms with van der Waals surface area (Å²) in [4.78, 5) is 39.3. The van der Waals surface area contributed by atoms with Crippen LogP contribution in [0.3, 0.4) is 0 Å². The molecule has 7 nitrogen and oxygen atoms in total. The van der Waals surface area contributed by atoms with Gasteiger partial charge in [0.15, 0.2) is 0 Å². The molecule has 0 saturated carbocycles. The van der Waals surface area contributed by atoms with E-state index in [1.807, 2.05) is 60.8 Å². The maximum atomic E-state index is 12.9. The van der Waals surface area contributed by atoms with Crippen molar-refractivity contribution in [2.24, 2.45) is 0 Å². The molecular weight excluding hydrogens is 370 g/mol. The van der Waals surface area contributed by atoms with Crippen molar-refractivity contribution in [1.29, 1.82) is 0 Å². The minimum atomic E-state index is -0.853. The van der Waals surface area contributed by atoms with Crippen LogP contribution < -0.4 is 10.6 Å². The van der Waals surface area contributed by atoms with E-state index >= 15 is 0 Å². The molecule has 1 heterocycles. The highest BCUT2D eigenvalue weighted by molar-refractivity contribution is 5.90. The first-order valence-corrected chi connectivity index (χ1v) is 9.29. The minimum absolute atomic E-state index is 0.286. The third-order valence-electron chi connectivity index (χ3n) is 4.77. The molecule has 0 spiro atoms. The molecular formula is C22H23N3O4. The lowest BCUT2D eigenvalue weighted by Gasteiger charge is -2.21. The summed E-state index contributed by atoms with van der Waals surface area (Å²) < 4.78 is 4.84. The van der Waals surface area contributed by atoms with E-state index in [0.717, 1.165) is 22.0 Å². The van der Waals surface area contributed by atoms with Crippen molar-refractivity contribution in [2.75, 3.05) is 7.11 Å². The summed E-state index contributed by atoms with van der Waals surface area (Å²) in [5.41, 5.74) is 2.73. The van der Waals surface area contributed by atoms with Crippen molar-refractivity contribution in [3.63, 3.8) is 0 Å². The van der Waals surface area contributed by atoms with E-state index in [0.29, 0.717) is 12.8 Å². The van der Waals surface area contributed by atoms with Crippen molar-refractivity contribution >= 4 is 29.2 Å². The average Bonchev–Trinajstić information content (AvgIpc) is 3.16. The Morgan fingerprint density at radius 2 is 1.76 bits per heavy atom. The van der Waals surface area contributed by atoms with Gasteiger partial charge in [0.25, 0.3) is 0 Å². The number of para-hydroxylation sites is 1. The zero-order chi connectivity index (χ0) is 20.6. The SMILES string of the molecule is COC(=O)[C@@H](Cc1ccccc1)NC(=O)[C@H](Cc1c[nH]c2ccccc12)NC=O. The number of hydrogen-bond donors (Lipinski definition) is 3. The lowest BCUT2D eigenvalue weighted by Crippen LogP contribution is -2.51. The van der Waals surface area contributed by atoms with Gasteiger partial charge in [-0.05, 0) is 17.2 Å². The van der Waals surface area contributed by atoms with Crippen LogP contribution in [0, 0.1) is 0 Å². The number of carbonyl (C=O) groups is 3. The van der Waals surface area contributed by atoms with E-state index in [1.165, 1.54) is 7.11 Å². The summed E-state index contributed by atoms with van der Waals surface area (Å²) in [7, 11) is 1.28. The lowest BCUT2D eigenvalue weighted by atomic mass is 10.0. The highest BCUT2D eigenvalue weighted by Crippen LogP contribution is 2.19. The van der Waals surface area contributed by atoms with Gasteiger partial charge < -0.3 is 20.4 Å². The summed E-state index contributed by atoms with van der Waals surface area (Å²) in [5, 5.41) is 6.25. The molecule has 0 aliphatic carbocycles. The third kappa shape index (κ3) is 5.01. The van der Waals surface area contributed by atoms with Gasteiger partial charge in [-0.3, -0.25) is 9.59 Å². The Morgan fingerprint density at radius 3 is 2.48 bits per heavy atom. The van der Waals surface area contributed by atoms with Gasteiger partial charge in [-0.2, -0.15) is 0 Å². The Morgan fingerprint density at radius 1 is 1.03 bits per heavy atom. The van der Waals surface area contributed by atoms with E-state index in [-0.39, 0.29) is 6.42 Å². The summed E-state index contributed by atoms with van der Waals surface area (Å²) in [5.74, 6) is -0.993. The molecule has 3 aromatic rings. The van der Waals surface area contributed by atoms with Crippen LogP contribution in [-0.4, -0.2) is 42.5 Å². The van der Waals surface area contributed by atoms with Crippen LogP contribution in [0.1, 0.15) is 11.1 Å². The number of aromatic amines is 1. The number of methoxy groups -OCH3 is 1. The third-order valence-corrected chi connectivity index (χ3v) is 4.77. The smallest absolute Gasteiger partial charge is 0.328 e. The fourth-order valence-corrected chi connectivity index (χ4v) is 3.29. The van der Waals surface area contributed by atoms with Crippen LogP contribution in [0.2, 0.25) is 0 Å². The summed E-state index contributed by atoms with van der Waals surface area (Å²) in [6.07, 6.45) is 2.89. The number of aromatic nitrogens is 1. The van der Waals surface area contributed by atoms with E-state index in [4.69, 9.17) is 4.74 Å². The second-order valence-corrected chi connectivity index (χ2v) is 6.67. The van der Waals surface area contributed by atoms with Gasteiger partial charge in [-0.15, -0.1) is 0 Å². The van der Waals surface area contributed by atoms with Crippen LogP contribution >= 0.6 is 0 Å². The second-order valence-electron chi connectivity index (χ2n) is 6.67. The Balaban J connectivity index is 1.76. The highest BCUT2D eigenvalue weighted by atomic mass is 16.5. The predicted molar refractivity (Wildman–Crippen MR) is 109 cm³/mol. The summed E-state index contributed by atoms with van der Waals surface area (Å²) >= 11 is 0. The van der Waals surface area contributed by atoms with E-state index < -0.39 is 24.0 Å². The van der Waals surface area contributed by atoms with Gasteiger partial charge in [-0.1, -0.05) is 48.5 Å². The number of H-pyrrole nitrogens is 1. The normalized spacial score (nSPS) is 12.7. The van der Waals surface area contributed by atoms with Crippen molar-refractivity contribution in [2.45, 2.75) is 24.9 Å². The molecule has 0 aliphatic rings. The number of ether oxygens (including phenoxy) is 1. The highest BCUT2D eigenvalue weighted by Gasteiger charge is 2.27. The van der Waals surface area contributed by atoms with Crippen LogP contribution in [0.25, 0.3) is 10.9 Å². The molecule has 2 amide bonds. The van der Waals surface area contributed by atoms with Gasteiger partial charge in [0.05, 0.1) is 7.11 Å². The maximum absolute atomic E-state index is 12.9. The zero-order valence-electron chi connectivity index (χ0n) is 16.1. The van der Waals surface area contributed by atoms with Gasteiger partial charge >= 0.3 is 5.97 Å². The molecule has 3 rings (SSSR count). The fraction of sp³-hybridized carbons (Fsp3) is 0.227. The van der Waals surface area contributed by atoms with Crippen molar-refractivity contribution in [3.8, 4) is 0 Å². The molecule has 1 aromatic heterocycles. The number of carbonyl (C=O) groups excluding carboxylic acids is 3. The van der Waals surface area contributed by atoms with Gasteiger partial charge in [-0.25, -0.2) is 4.79 Å². The number of esters is 1. The van der Waals surface area contributed by atoms with Crippen LogP contribution in [-0.2, 0) is 32.0 Å². The minimum Gasteiger partial charge on any atom is -0.467 e. The Labute approximate surface area is 168 Å². The fourth-order valence-electron chi connectivity index (χ4n) is 3.29. The second kappa shape index (κ2) is 9.54. The molecule has 2 atom stereocenters. The predicted octanol–water partition coefficient (Wildman–Crippen LogP) is 1.73. The molecule has 0 aliphatic heterocycles. The molecule has 7 heteroatoms. The Bertz CT molecular complexity index is 984. The van der Waals surface area contributed by atoms with Crippen LogP contribution in [0.4, 0.5) is 0 Å². The molecule has 29 heavy (non-hydrogen) atoms. The van der Waals surface area contributed by atoms with Crippen LogP contribution in [0.5, 0.6) is 0 Å². The topological polar surface area (TPSA) is 100 Å². The van der Waals surface area contributed by atoms with Crippen molar-refractivity contribution < 1.29 is 19.1 Å². The van der Waals surface area contributed by atoms with Crippen molar-refractivity contribution in [1.82, 2.24) is 15.6 Å². The largest absolute Gasteiger partial charge is 0.467 e. The number of amides is 2. The molecule has 0 fully saturated rings. The molecule has 150 valence electrons. The Hall–Kier alpha value is -3.61. The molecule has 0 unspecified atom stereocenters. The summed E-state index contributed by atoms with van der Waals surface area (Å²) in [6, 6.07) is 15.4. The van der Waals surface area contributed by atoms with Gasteiger partial charge in [0, 0.05) is 29.9 Å². The van der Waals surface area contributed by atoms with Gasteiger partial charge in [0.2, 0.25) is 12.3 Å². The first-order valence-electron chi connectivity index (χ1n) is 9.29. The average molecular weight is 393 g/mol. The molecule has 0 radical (unpaired) electrons. The monoisotopic (exact) mass is 393 g/mol. The number of nitrogens with one attached hydrogen (secondary N) is 3. The number of benzene rings is 2. The summed E-state index contributed by atoms with van der Waals surface area (Å²) in [6.45, 7) is 0. The standard InChI is InChI=1S/C22H23N3O4/c1-29-22(28)20(11-15-7-3-2-4-8-15)25-21(27)19(24-14-26)12-16-13-23-18-10-6-5-9-17(16)18/h2-10,13-14,19-20,23H,11-12H2,1H3,(H,24,26)(H,25,27)/t19-,20+/m0/s1. The lowest BCUT2D eigenvalue weighted by molar-refractivity contribution is -0.145. The van der Waals surface area contributed by atoms with E-state index in [1.54, 1.807) is 0 Å². The van der Waals surface area contributed by atoms with E-state index in [9.17, 15) is 14.4 Å². The van der Waals surface area contributed by atoms with Crippen LogP contribution in [0.15, 0.2) is 60.8 Å². The number of hydrogen-bond acceptors (Lipinski definition) is 4. The number of rotatable bonds is 9. The maximum Gasteiger partial charge on any atom is 0.328 e. The molecule has 0 bridgehead atoms.